The van der Waals surface area contributed by atoms with E-state index < -0.39 is 0 Å². The summed E-state index contributed by atoms with van der Waals surface area (Å²) in [7, 11) is 0. The Morgan fingerprint density at radius 3 is 2.60 bits per heavy atom. The van der Waals surface area contributed by atoms with Crippen LogP contribution in [0.3, 0.4) is 0 Å². The van der Waals surface area contributed by atoms with Gasteiger partial charge in [0.1, 0.15) is 6.07 Å². The van der Waals surface area contributed by atoms with Gasteiger partial charge >= 0.3 is 0 Å². The van der Waals surface area contributed by atoms with Gasteiger partial charge in [-0.1, -0.05) is 20.8 Å². The van der Waals surface area contributed by atoms with Crippen LogP contribution in [0.25, 0.3) is 0 Å². The van der Waals surface area contributed by atoms with Gasteiger partial charge < -0.3 is 9.47 Å². The Morgan fingerprint density at radius 2 is 2.00 bits per heavy atom. The van der Waals surface area contributed by atoms with Crippen molar-refractivity contribution >= 4 is 0 Å². The van der Waals surface area contributed by atoms with Crippen molar-refractivity contribution in [1.29, 1.82) is 5.26 Å². The number of fused-ring (bicyclic) bond motifs is 1. The zero-order valence-electron chi connectivity index (χ0n) is 9.13. The van der Waals surface area contributed by atoms with Crippen LogP contribution in [-0.4, -0.2) is 6.79 Å². The molecule has 0 fully saturated rings. The number of rotatable bonds is 0. The molecule has 0 unspecified atom stereocenters. The van der Waals surface area contributed by atoms with Gasteiger partial charge in [-0.05, 0) is 23.1 Å². The minimum atomic E-state index is 0.00653. The second-order valence-corrected chi connectivity index (χ2v) is 4.62. The molecule has 0 saturated heterocycles. The summed E-state index contributed by atoms with van der Waals surface area (Å²) < 4.78 is 10.5. The molecule has 3 nitrogen and oxygen atoms in total. The smallest absolute Gasteiger partial charge is 0.231 e. The molecule has 1 aromatic carbocycles. The lowest BCUT2D eigenvalue weighted by atomic mass is 9.86. The maximum absolute atomic E-state index is 9.01. The van der Waals surface area contributed by atoms with E-state index in [-0.39, 0.29) is 12.2 Å². The van der Waals surface area contributed by atoms with Gasteiger partial charge in [-0.3, -0.25) is 0 Å². The monoisotopic (exact) mass is 203 g/mol. The van der Waals surface area contributed by atoms with Gasteiger partial charge in [0.2, 0.25) is 6.79 Å². The highest BCUT2D eigenvalue weighted by atomic mass is 16.7. The Hall–Kier alpha value is -1.69. The van der Waals surface area contributed by atoms with E-state index in [4.69, 9.17) is 14.7 Å². The van der Waals surface area contributed by atoms with E-state index in [1.807, 2.05) is 12.1 Å². The molecule has 3 heteroatoms. The Kier molecular flexibility index (Phi) is 2.08. The molecule has 0 aromatic heterocycles. The molecule has 0 amide bonds. The molecule has 2 rings (SSSR count). The first kappa shape index (κ1) is 9.85. The molecular weight excluding hydrogens is 190 g/mol. The quantitative estimate of drug-likeness (QED) is 0.650. The van der Waals surface area contributed by atoms with Gasteiger partial charge in [-0.2, -0.15) is 5.26 Å². The Balaban J connectivity index is 2.59. The van der Waals surface area contributed by atoms with Crippen molar-refractivity contribution in [3.8, 4) is 17.6 Å². The predicted molar refractivity (Wildman–Crippen MR) is 56.0 cm³/mol. The summed E-state index contributed by atoms with van der Waals surface area (Å²) in [5.74, 6) is 1.25. The molecule has 15 heavy (non-hydrogen) atoms. The van der Waals surface area contributed by atoms with Gasteiger partial charge in [-0.15, -0.1) is 0 Å². The molecular formula is C12H13NO2. The first-order valence-corrected chi connectivity index (χ1v) is 4.86. The zero-order chi connectivity index (χ0) is 11.1. The van der Waals surface area contributed by atoms with E-state index in [1.165, 1.54) is 0 Å². The SMILES string of the molecule is CC(C)(C)c1cc(C#N)c2c(c1)OCO2. The summed E-state index contributed by atoms with van der Waals surface area (Å²) in [4.78, 5) is 0. The van der Waals surface area contributed by atoms with Gasteiger partial charge in [0.15, 0.2) is 11.5 Å². The van der Waals surface area contributed by atoms with E-state index in [0.29, 0.717) is 17.1 Å². The molecule has 0 saturated carbocycles. The van der Waals surface area contributed by atoms with Gasteiger partial charge in [0.05, 0.1) is 5.56 Å². The first-order chi connectivity index (χ1) is 7.02. The minimum absolute atomic E-state index is 0.00653. The number of hydrogen-bond donors (Lipinski definition) is 0. The highest BCUT2D eigenvalue weighted by molar-refractivity contribution is 5.56. The maximum atomic E-state index is 9.01. The Morgan fingerprint density at radius 1 is 1.27 bits per heavy atom. The van der Waals surface area contributed by atoms with Gasteiger partial charge in [0.25, 0.3) is 0 Å². The zero-order valence-corrected chi connectivity index (χ0v) is 9.13. The fourth-order valence-corrected chi connectivity index (χ4v) is 1.53. The molecule has 0 radical (unpaired) electrons. The number of hydrogen-bond acceptors (Lipinski definition) is 3. The molecule has 0 N–H and O–H groups in total. The minimum Gasteiger partial charge on any atom is -0.454 e. The summed E-state index contributed by atoms with van der Waals surface area (Å²) in [6.45, 7) is 6.51. The van der Waals surface area contributed by atoms with Crippen LogP contribution in [0.4, 0.5) is 0 Å². The number of ether oxygens (including phenoxy) is 2. The third-order valence-electron chi connectivity index (χ3n) is 2.46. The molecule has 1 heterocycles. The highest BCUT2D eigenvalue weighted by Crippen LogP contribution is 2.39. The molecule has 0 bridgehead atoms. The first-order valence-electron chi connectivity index (χ1n) is 4.86. The Labute approximate surface area is 89.2 Å². The predicted octanol–water partition coefficient (Wildman–Crippen LogP) is 2.58. The molecule has 1 aliphatic heterocycles. The fraction of sp³-hybridized carbons (Fsp3) is 0.417. The van der Waals surface area contributed by atoms with E-state index >= 15 is 0 Å². The molecule has 78 valence electrons. The average molecular weight is 203 g/mol. The summed E-state index contributed by atoms with van der Waals surface area (Å²) in [5, 5.41) is 9.01. The summed E-state index contributed by atoms with van der Waals surface area (Å²) in [6.07, 6.45) is 0. The van der Waals surface area contributed by atoms with Crippen molar-refractivity contribution in [3.63, 3.8) is 0 Å². The second kappa shape index (κ2) is 3.16. The molecule has 1 aromatic rings. The van der Waals surface area contributed by atoms with Crippen LogP contribution in [0.15, 0.2) is 12.1 Å². The van der Waals surface area contributed by atoms with Crippen LogP contribution >= 0.6 is 0 Å². The lowest BCUT2D eigenvalue weighted by molar-refractivity contribution is 0.173. The molecule has 0 aliphatic carbocycles. The van der Waals surface area contributed by atoms with Crippen LogP contribution in [-0.2, 0) is 5.41 Å². The van der Waals surface area contributed by atoms with E-state index in [0.717, 1.165) is 5.56 Å². The second-order valence-electron chi connectivity index (χ2n) is 4.62. The third kappa shape index (κ3) is 1.63. The number of nitriles is 1. The van der Waals surface area contributed by atoms with Crippen molar-refractivity contribution in [2.24, 2.45) is 0 Å². The lowest BCUT2D eigenvalue weighted by Gasteiger charge is -2.19. The van der Waals surface area contributed by atoms with E-state index in [9.17, 15) is 0 Å². The van der Waals surface area contributed by atoms with Crippen molar-refractivity contribution in [3.05, 3.63) is 23.3 Å². The van der Waals surface area contributed by atoms with Crippen LogP contribution in [0, 0.1) is 11.3 Å². The Bertz CT molecular complexity index is 438. The van der Waals surface area contributed by atoms with Gasteiger partial charge in [-0.25, -0.2) is 0 Å². The standard InChI is InChI=1S/C12H13NO2/c1-12(2,3)9-4-8(6-13)11-10(5-9)14-7-15-11/h4-5H,7H2,1-3H3. The average Bonchev–Trinajstić information content (AvgIpc) is 2.62. The summed E-state index contributed by atoms with van der Waals surface area (Å²) in [5.41, 5.74) is 1.64. The fourth-order valence-electron chi connectivity index (χ4n) is 1.53. The highest BCUT2D eigenvalue weighted by Gasteiger charge is 2.23. The maximum Gasteiger partial charge on any atom is 0.231 e. The number of benzene rings is 1. The van der Waals surface area contributed by atoms with Crippen LogP contribution in [0.1, 0.15) is 31.9 Å². The van der Waals surface area contributed by atoms with Crippen LogP contribution in [0.5, 0.6) is 11.5 Å². The van der Waals surface area contributed by atoms with E-state index in [2.05, 4.69) is 26.8 Å². The third-order valence-corrected chi connectivity index (χ3v) is 2.46. The lowest BCUT2D eigenvalue weighted by Crippen LogP contribution is -2.11. The van der Waals surface area contributed by atoms with Crippen molar-refractivity contribution < 1.29 is 9.47 Å². The van der Waals surface area contributed by atoms with Crippen molar-refractivity contribution in [1.82, 2.24) is 0 Å². The molecule has 1 aliphatic rings. The topological polar surface area (TPSA) is 42.2 Å². The van der Waals surface area contributed by atoms with Gasteiger partial charge in [0, 0.05) is 0 Å². The van der Waals surface area contributed by atoms with Crippen molar-refractivity contribution in [2.45, 2.75) is 26.2 Å². The molecule has 0 spiro atoms. The summed E-state index contributed by atoms with van der Waals surface area (Å²) in [6, 6.07) is 5.95. The number of nitrogens with zero attached hydrogens (tertiary/aromatic N) is 1. The normalized spacial score (nSPS) is 13.7. The van der Waals surface area contributed by atoms with Crippen LogP contribution in [0.2, 0.25) is 0 Å². The summed E-state index contributed by atoms with van der Waals surface area (Å²) >= 11 is 0. The molecule has 0 atom stereocenters. The van der Waals surface area contributed by atoms with Crippen molar-refractivity contribution in [2.75, 3.05) is 6.79 Å². The van der Waals surface area contributed by atoms with E-state index in [1.54, 1.807) is 0 Å². The largest absolute Gasteiger partial charge is 0.454 e. The van der Waals surface area contributed by atoms with Crippen LogP contribution < -0.4 is 9.47 Å².